The summed E-state index contributed by atoms with van der Waals surface area (Å²) >= 11 is 6.10. The highest BCUT2D eigenvalue weighted by Crippen LogP contribution is 2.34. The van der Waals surface area contributed by atoms with Gasteiger partial charge in [-0.3, -0.25) is 4.99 Å². The van der Waals surface area contributed by atoms with E-state index in [0.29, 0.717) is 0 Å². The Bertz CT molecular complexity index is 431. The molecule has 1 unspecified atom stereocenters. The highest BCUT2D eigenvalue weighted by Gasteiger charge is 2.29. The summed E-state index contributed by atoms with van der Waals surface area (Å²) in [5.41, 5.74) is 1.10. The molecule has 2 heterocycles. The molecular weight excluding hydrogens is 212 g/mol. The Labute approximate surface area is 93.1 Å². The zero-order valence-corrected chi connectivity index (χ0v) is 8.92. The standard InChI is InChI=1S/C11H11ClN2O/c12-8-2-1-3-9-7(8)6-10(15-9)11-13-4-5-14-11/h1-3,10H,4-6H2,(H,13,14). The molecule has 4 heteroatoms. The van der Waals surface area contributed by atoms with Crippen LogP contribution in [-0.2, 0) is 6.42 Å². The van der Waals surface area contributed by atoms with Crippen molar-refractivity contribution in [2.24, 2.45) is 4.99 Å². The number of nitrogens with one attached hydrogen (secondary N) is 1. The van der Waals surface area contributed by atoms with Gasteiger partial charge in [-0.25, -0.2) is 0 Å². The van der Waals surface area contributed by atoms with Crippen LogP contribution in [0.25, 0.3) is 0 Å². The first-order valence-corrected chi connectivity index (χ1v) is 5.44. The summed E-state index contributed by atoms with van der Waals surface area (Å²) in [6.45, 7) is 1.76. The number of benzene rings is 1. The zero-order valence-electron chi connectivity index (χ0n) is 8.16. The number of nitrogens with zero attached hydrogens (tertiary/aromatic N) is 1. The van der Waals surface area contributed by atoms with Crippen molar-refractivity contribution in [1.29, 1.82) is 0 Å². The Balaban J connectivity index is 1.89. The average Bonchev–Trinajstić information content (AvgIpc) is 2.86. The molecule has 1 aromatic rings. The molecule has 78 valence electrons. The van der Waals surface area contributed by atoms with Gasteiger partial charge < -0.3 is 10.1 Å². The number of rotatable bonds is 1. The predicted octanol–water partition coefficient (Wildman–Crippen LogP) is 1.65. The molecule has 2 aliphatic rings. The first kappa shape index (κ1) is 9.04. The summed E-state index contributed by atoms with van der Waals surface area (Å²) < 4.78 is 5.79. The van der Waals surface area contributed by atoms with Gasteiger partial charge in [0.05, 0.1) is 6.54 Å². The fourth-order valence-corrected chi connectivity index (χ4v) is 2.26. The maximum atomic E-state index is 6.10. The lowest BCUT2D eigenvalue weighted by Crippen LogP contribution is -2.34. The molecular formula is C11H11ClN2O. The van der Waals surface area contributed by atoms with Crippen molar-refractivity contribution in [2.45, 2.75) is 12.5 Å². The quantitative estimate of drug-likeness (QED) is 0.784. The summed E-state index contributed by atoms with van der Waals surface area (Å²) in [6.07, 6.45) is 0.850. The van der Waals surface area contributed by atoms with E-state index in [2.05, 4.69) is 10.3 Å². The molecule has 0 fully saturated rings. The largest absolute Gasteiger partial charge is 0.482 e. The Kier molecular flexibility index (Phi) is 2.06. The molecule has 0 saturated carbocycles. The van der Waals surface area contributed by atoms with E-state index in [1.807, 2.05) is 18.2 Å². The molecule has 0 spiro atoms. The topological polar surface area (TPSA) is 33.6 Å². The van der Waals surface area contributed by atoms with Crippen molar-refractivity contribution < 1.29 is 4.74 Å². The number of amidine groups is 1. The second kappa shape index (κ2) is 3.42. The van der Waals surface area contributed by atoms with E-state index in [0.717, 1.165) is 41.7 Å². The van der Waals surface area contributed by atoms with Crippen LogP contribution in [0.2, 0.25) is 5.02 Å². The number of aliphatic imine (C=N–C) groups is 1. The molecule has 0 bridgehead atoms. The van der Waals surface area contributed by atoms with Crippen LogP contribution >= 0.6 is 11.6 Å². The third kappa shape index (κ3) is 1.47. The first-order valence-electron chi connectivity index (χ1n) is 5.07. The number of hydrogen-bond donors (Lipinski definition) is 1. The van der Waals surface area contributed by atoms with E-state index in [9.17, 15) is 0 Å². The van der Waals surface area contributed by atoms with Crippen LogP contribution in [0, 0.1) is 0 Å². The predicted molar refractivity (Wildman–Crippen MR) is 59.9 cm³/mol. The van der Waals surface area contributed by atoms with E-state index in [-0.39, 0.29) is 6.10 Å². The fraction of sp³-hybridized carbons (Fsp3) is 0.364. The molecule has 3 rings (SSSR count). The third-order valence-corrected chi connectivity index (χ3v) is 3.09. The maximum Gasteiger partial charge on any atom is 0.159 e. The van der Waals surface area contributed by atoms with Crippen LogP contribution in [0.1, 0.15) is 5.56 Å². The molecule has 0 radical (unpaired) electrons. The zero-order chi connectivity index (χ0) is 10.3. The minimum Gasteiger partial charge on any atom is -0.482 e. The average molecular weight is 223 g/mol. The van der Waals surface area contributed by atoms with Gasteiger partial charge in [0.1, 0.15) is 11.6 Å². The van der Waals surface area contributed by atoms with Gasteiger partial charge in [0.2, 0.25) is 0 Å². The third-order valence-electron chi connectivity index (χ3n) is 2.74. The number of hydrogen-bond acceptors (Lipinski definition) is 3. The monoisotopic (exact) mass is 222 g/mol. The molecule has 0 aromatic heterocycles. The lowest BCUT2D eigenvalue weighted by molar-refractivity contribution is 0.298. The van der Waals surface area contributed by atoms with E-state index in [4.69, 9.17) is 16.3 Å². The van der Waals surface area contributed by atoms with E-state index in [1.165, 1.54) is 0 Å². The minimum atomic E-state index is 0.0300. The van der Waals surface area contributed by atoms with Crippen LogP contribution in [-0.4, -0.2) is 25.0 Å². The van der Waals surface area contributed by atoms with Crippen LogP contribution < -0.4 is 10.1 Å². The van der Waals surface area contributed by atoms with Gasteiger partial charge in [0.15, 0.2) is 6.10 Å². The Morgan fingerprint density at radius 2 is 2.40 bits per heavy atom. The Morgan fingerprint density at radius 1 is 1.47 bits per heavy atom. The molecule has 1 N–H and O–H groups in total. The molecule has 0 amide bonds. The van der Waals surface area contributed by atoms with Crippen LogP contribution in [0.4, 0.5) is 0 Å². The van der Waals surface area contributed by atoms with Crippen molar-refractivity contribution >= 4 is 17.4 Å². The normalized spacial score (nSPS) is 23.0. The van der Waals surface area contributed by atoms with Crippen molar-refractivity contribution in [3.8, 4) is 5.75 Å². The number of fused-ring (bicyclic) bond motifs is 1. The molecule has 1 aromatic carbocycles. The second-order valence-corrected chi connectivity index (χ2v) is 4.13. The van der Waals surface area contributed by atoms with E-state index < -0.39 is 0 Å². The SMILES string of the molecule is Clc1cccc2c1CC(C1=NCCN1)O2. The van der Waals surface area contributed by atoms with E-state index >= 15 is 0 Å². The number of ether oxygens (including phenoxy) is 1. The highest BCUT2D eigenvalue weighted by molar-refractivity contribution is 6.31. The van der Waals surface area contributed by atoms with Gasteiger partial charge in [0.25, 0.3) is 0 Å². The molecule has 15 heavy (non-hydrogen) atoms. The summed E-state index contributed by atoms with van der Waals surface area (Å²) in [6, 6.07) is 5.76. The maximum absolute atomic E-state index is 6.10. The van der Waals surface area contributed by atoms with Crippen LogP contribution in [0.3, 0.4) is 0 Å². The highest BCUT2D eigenvalue weighted by atomic mass is 35.5. The summed E-state index contributed by atoms with van der Waals surface area (Å²) in [7, 11) is 0. The molecule has 3 nitrogen and oxygen atoms in total. The molecule has 1 atom stereocenters. The Hall–Kier alpha value is -1.22. The van der Waals surface area contributed by atoms with Crippen LogP contribution in [0.5, 0.6) is 5.75 Å². The Morgan fingerprint density at radius 3 is 3.13 bits per heavy atom. The van der Waals surface area contributed by atoms with Crippen molar-refractivity contribution in [1.82, 2.24) is 5.32 Å². The van der Waals surface area contributed by atoms with Crippen molar-refractivity contribution in [3.63, 3.8) is 0 Å². The first-order chi connectivity index (χ1) is 7.34. The fourth-order valence-electron chi connectivity index (χ4n) is 2.01. The number of halogens is 1. The van der Waals surface area contributed by atoms with Gasteiger partial charge >= 0.3 is 0 Å². The van der Waals surface area contributed by atoms with Gasteiger partial charge in [-0.1, -0.05) is 17.7 Å². The lowest BCUT2D eigenvalue weighted by Gasteiger charge is -2.10. The summed E-state index contributed by atoms with van der Waals surface area (Å²) in [5, 5.41) is 4.02. The van der Waals surface area contributed by atoms with Crippen LogP contribution in [0.15, 0.2) is 23.2 Å². The van der Waals surface area contributed by atoms with Gasteiger partial charge in [-0.15, -0.1) is 0 Å². The minimum absolute atomic E-state index is 0.0300. The van der Waals surface area contributed by atoms with Gasteiger partial charge in [-0.05, 0) is 12.1 Å². The lowest BCUT2D eigenvalue weighted by atomic mass is 10.1. The van der Waals surface area contributed by atoms with Gasteiger partial charge in [-0.2, -0.15) is 0 Å². The molecule has 0 aliphatic carbocycles. The molecule has 0 saturated heterocycles. The smallest absolute Gasteiger partial charge is 0.159 e. The van der Waals surface area contributed by atoms with Crippen molar-refractivity contribution in [2.75, 3.05) is 13.1 Å². The summed E-state index contributed by atoms with van der Waals surface area (Å²) in [5.74, 6) is 1.85. The van der Waals surface area contributed by atoms with E-state index in [1.54, 1.807) is 0 Å². The van der Waals surface area contributed by atoms with Gasteiger partial charge in [0, 0.05) is 23.6 Å². The summed E-state index contributed by atoms with van der Waals surface area (Å²) in [4.78, 5) is 4.37. The second-order valence-electron chi connectivity index (χ2n) is 3.72. The van der Waals surface area contributed by atoms with Crippen molar-refractivity contribution in [3.05, 3.63) is 28.8 Å². The molecule has 2 aliphatic heterocycles.